The topological polar surface area (TPSA) is 84.5 Å². The lowest BCUT2D eigenvalue weighted by Gasteiger charge is -2.12. The third-order valence-electron chi connectivity index (χ3n) is 3.04. The lowest BCUT2D eigenvalue weighted by atomic mass is 10.2. The van der Waals surface area contributed by atoms with Gasteiger partial charge in [0.2, 0.25) is 10.0 Å². The molecule has 1 unspecified atom stereocenters. The Balaban J connectivity index is 2.23. The van der Waals surface area contributed by atoms with Crippen LogP contribution in [0, 0.1) is 0 Å². The summed E-state index contributed by atoms with van der Waals surface area (Å²) in [5, 5.41) is 3.12. The van der Waals surface area contributed by atoms with Gasteiger partial charge >= 0.3 is 5.97 Å². The van der Waals surface area contributed by atoms with Crippen LogP contribution in [0.2, 0.25) is 5.02 Å². The molecule has 1 aromatic carbocycles. The van der Waals surface area contributed by atoms with Crippen LogP contribution in [0.3, 0.4) is 0 Å². The molecule has 0 aromatic heterocycles. The monoisotopic (exact) mass is 318 g/mol. The number of ether oxygens (including phenoxy) is 1. The first-order valence-corrected chi connectivity index (χ1v) is 7.91. The van der Waals surface area contributed by atoms with Crippen molar-refractivity contribution >= 4 is 27.6 Å². The summed E-state index contributed by atoms with van der Waals surface area (Å²) in [6, 6.07) is 3.80. The Labute approximate surface area is 122 Å². The van der Waals surface area contributed by atoms with Crippen LogP contribution in [0.1, 0.15) is 16.8 Å². The fourth-order valence-corrected chi connectivity index (χ4v) is 3.60. The number of esters is 1. The zero-order valence-electron chi connectivity index (χ0n) is 10.8. The maximum absolute atomic E-state index is 12.2. The van der Waals surface area contributed by atoms with Gasteiger partial charge in [-0.25, -0.2) is 17.9 Å². The maximum Gasteiger partial charge on any atom is 0.339 e. The molecule has 1 aliphatic heterocycles. The highest BCUT2D eigenvalue weighted by Gasteiger charge is 2.24. The Hall–Kier alpha value is -1.15. The minimum atomic E-state index is -3.64. The van der Waals surface area contributed by atoms with E-state index in [9.17, 15) is 13.2 Å². The van der Waals surface area contributed by atoms with Gasteiger partial charge in [-0.2, -0.15) is 0 Å². The van der Waals surface area contributed by atoms with Gasteiger partial charge in [-0.3, -0.25) is 0 Å². The third kappa shape index (κ3) is 3.29. The standard InChI is InChI=1S/C12H15ClN2O4S/c1-19-12(16)10-3-2-9(6-11(10)13)20(17,18)15-8-4-5-14-7-8/h2-3,6,8,14-15H,4-5,7H2,1H3. The van der Waals surface area contributed by atoms with Crippen LogP contribution < -0.4 is 10.0 Å². The number of nitrogens with one attached hydrogen (secondary N) is 2. The largest absolute Gasteiger partial charge is 0.465 e. The van der Waals surface area contributed by atoms with Crippen LogP contribution in [0.25, 0.3) is 0 Å². The van der Waals surface area contributed by atoms with E-state index in [0.29, 0.717) is 6.54 Å². The fraction of sp³-hybridized carbons (Fsp3) is 0.417. The van der Waals surface area contributed by atoms with E-state index in [1.807, 2.05) is 0 Å². The van der Waals surface area contributed by atoms with Gasteiger partial charge in [0.1, 0.15) is 0 Å². The first-order valence-electron chi connectivity index (χ1n) is 6.05. The van der Waals surface area contributed by atoms with Crippen molar-refractivity contribution in [3.05, 3.63) is 28.8 Å². The smallest absolute Gasteiger partial charge is 0.339 e. The van der Waals surface area contributed by atoms with E-state index >= 15 is 0 Å². The number of carbonyl (C=O) groups excluding carboxylic acids is 1. The molecule has 1 heterocycles. The Morgan fingerprint density at radius 2 is 2.25 bits per heavy atom. The normalized spacial score (nSPS) is 19.0. The third-order valence-corrected chi connectivity index (χ3v) is 4.87. The molecule has 0 bridgehead atoms. The van der Waals surface area contributed by atoms with E-state index in [1.165, 1.54) is 25.3 Å². The molecule has 1 atom stereocenters. The van der Waals surface area contributed by atoms with Crippen LogP contribution in [-0.4, -0.2) is 40.6 Å². The number of hydrogen-bond acceptors (Lipinski definition) is 5. The van der Waals surface area contributed by atoms with Gasteiger partial charge in [0.25, 0.3) is 0 Å². The molecule has 0 amide bonds. The van der Waals surface area contributed by atoms with Crippen molar-refractivity contribution in [1.82, 2.24) is 10.0 Å². The van der Waals surface area contributed by atoms with Crippen LogP contribution in [0.5, 0.6) is 0 Å². The first kappa shape index (κ1) is 15.2. The molecular formula is C12H15ClN2O4S. The quantitative estimate of drug-likeness (QED) is 0.801. The number of sulfonamides is 1. The van der Waals surface area contributed by atoms with Gasteiger partial charge in [0, 0.05) is 12.6 Å². The fourth-order valence-electron chi connectivity index (χ4n) is 1.98. The number of rotatable bonds is 4. The van der Waals surface area contributed by atoms with Crippen molar-refractivity contribution in [3.8, 4) is 0 Å². The van der Waals surface area contributed by atoms with E-state index in [4.69, 9.17) is 11.6 Å². The summed E-state index contributed by atoms with van der Waals surface area (Å²) in [5.41, 5.74) is 0.135. The molecule has 0 radical (unpaired) electrons. The lowest BCUT2D eigenvalue weighted by molar-refractivity contribution is 0.0601. The summed E-state index contributed by atoms with van der Waals surface area (Å²) in [4.78, 5) is 11.4. The molecule has 0 saturated carbocycles. The van der Waals surface area contributed by atoms with Crippen LogP contribution in [-0.2, 0) is 14.8 Å². The number of methoxy groups -OCH3 is 1. The maximum atomic E-state index is 12.2. The highest BCUT2D eigenvalue weighted by Crippen LogP contribution is 2.22. The van der Waals surface area contributed by atoms with E-state index in [-0.39, 0.29) is 21.5 Å². The summed E-state index contributed by atoms with van der Waals surface area (Å²) < 4.78 is 31.5. The zero-order valence-corrected chi connectivity index (χ0v) is 12.4. The Kier molecular flexibility index (Phi) is 4.64. The van der Waals surface area contributed by atoms with E-state index in [2.05, 4.69) is 14.8 Å². The molecule has 1 aliphatic rings. The number of halogens is 1. The molecule has 1 saturated heterocycles. The van der Waals surface area contributed by atoms with Crippen molar-refractivity contribution in [1.29, 1.82) is 0 Å². The molecular weight excluding hydrogens is 304 g/mol. The second-order valence-electron chi connectivity index (χ2n) is 4.44. The molecule has 1 aromatic rings. The number of carbonyl (C=O) groups is 1. The van der Waals surface area contributed by atoms with Crippen LogP contribution in [0.4, 0.5) is 0 Å². The van der Waals surface area contributed by atoms with Gasteiger partial charge in [-0.1, -0.05) is 11.6 Å². The van der Waals surface area contributed by atoms with Crippen LogP contribution >= 0.6 is 11.6 Å². The van der Waals surface area contributed by atoms with Gasteiger partial charge in [-0.05, 0) is 31.2 Å². The molecule has 0 aliphatic carbocycles. The summed E-state index contributed by atoms with van der Waals surface area (Å²) in [5.74, 6) is -0.605. The Morgan fingerprint density at radius 1 is 1.50 bits per heavy atom. The van der Waals surface area contributed by atoms with Crippen molar-refractivity contribution in [2.75, 3.05) is 20.2 Å². The van der Waals surface area contributed by atoms with E-state index < -0.39 is 16.0 Å². The Morgan fingerprint density at radius 3 is 2.80 bits per heavy atom. The highest BCUT2D eigenvalue weighted by atomic mass is 35.5. The SMILES string of the molecule is COC(=O)c1ccc(S(=O)(=O)NC2CCNC2)cc1Cl. The molecule has 0 spiro atoms. The van der Waals surface area contributed by atoms with Crippen molar-refractivity contribution in [2.45, 2.75) is 17.4 Å². The molecule has 8 heteroatoms. The zero-order chi connectivity index (χ0) is 14.8. The molecule has 20 heavy (non-hydrogen) atoms. The average molecular weight is 319 g/mol. The minimum Gasteiger partial charge on any atom is -0.465 e. The predicted molar refractivity (Wildman–Crippen MR) is 74.4 cm³/mol. The first-order chi connectivity index (χ1) is 9.44. The van der Waals surface area contributed by atoms with Gasteiger partial charge in [0.15, 0.2) is 0 Å². The number of hydrogen-bond donors (Lipinski definition) is 2. The highest BCUT2D eigenvalue weighted by molar-refractivity contribution is 7.89. The van der Waals surface area contributed by atoms with Gasteiger partial charge < -0.3 is 10.1 Å². The van der Waals surface area contributed by atoms with Crippen molar-refractivity contribution in [3.63, 3.8) is 0 Å². The molecule has 2 rings (SSSR count). The molecule has 6 nitrogen and oxygen atoms in total. The average Bonchev–Trinajstić information content (AvgIpc) is 2.89. The summed E-state index contributed by atoms with van der Waals surface area (Å²) in [7, 11) is -2.41. The number of benzene rings is 1. The van der Waals surface area contributed by atoms with Crippen molar-refractivity contribution in [2.24, 2.45) is 0 Å². The molecule has 2 N–H and O–H groups in total. The second kappa shape index (κ2) is 6.09. The van der Waals surface area contributed by atoms with E-state index in [0.717, 1.165) is 13.0 Å². The van der Waals surface area contributed by atoms with Crippen LogP contribution in [0.15, 0.2) is 23.1 Å². The lowest BCUT2D eigenvalue weighted by Crippen LogP contribution is -2.36. The van der Waals surface area contributed by atoms with E-state index in [1.54, 1.807) is 0 Å². The molecule has 110 valence electrons. The summed E-state index contributed by atoms with van der Waals surface area (Å²) in [6.07, 6.45) is 0.743. The van der Waals surface area contributed by atoms with Gasteiger partial charge in [0.05, 0.1) is 22.6 Å². The van der Waals surface area contributed by atoms with Crippen molar-refractivity contribution < 1.29 is 17.9 Å². The second-order valence-corrected chi connectivity index (χ2v) is 6.57. The molecule has 1 fully saturated rings. The predicted octanol–water partition coefficient (Wildman–Crippen LogP) is 0.767. The summed E-state index contributed by atoms with van der Waals surface area (Å²) in [6.45, 7) is 1.39. The Bertz CT molecular complexity index is 612. The summed E-state index contributed by atoms with van der Waals surface area (Å²) >= 11 is 5.92. The minimum absolute atomic E-state index is 0.0297. The van der Waals surface area contributed by atoms with Gasteiger partial charge in [-0.15, -0.1) is 0 Å².